The van der Waals surface area contributed by atoms with Gasteiger partial charge in [-0.15, -0.1) is 5.10 Å². The van der Waals surface area contributed by atoms with Crippen molar-refractivity contribution >= 4 is 11.6 Å². The van der Waals surface area contributed by atoms with Gasteiger partial charge in [-0.05, 0) is 60.6 Å². The Kier molecular flexibility index (Phi) is 5.90. The van der Waals surface area contributed by atoms with Crippen LogP contribution in [-0.4, -0.2) is 37.6 Å². The van der Waals surface area contributed by atoms with Crippen LogP contribution < -0.4 is 10.1 Å². The van der Waals surface area contributed by atoms with Crippen LogP contribution in [0, 0.1) is 6.92 Å². The smallest absolute Gasteiger partial charge is 0.259 e. The van der Waals surface area contributed by atoms with Crippen LogP contribution in [0.4, 0.5) is 5.69 Å². The van der Waals surface area contributed by atoms with E-state index in [-0.39, 0.29) is 11.3 Å². The molecule has 1 aliphatic rings. The molecule has 0 spiro atoms. The Bertz CT molecular complexity index is 1440. The summed E-state index contributed by atoms with van der Waals surface area (Å²) in [6.07, 6.45) is 6.16. The van der Waals surface area contributed by atoms with E-state index in [0.29, 0.717) is 22.9 Å². The lowest BCUT2D eigenvalue weighted by Gasteiger charge is -2.21. The van der Waals surface area contributed by atoms with Gasteiger partial charge in [0.1, 0.15) is 17.3 Å². The molecular formula is C28H32N6O2. The first-order chi connectivity index (χ1) is 17.2. The van der Waals surface area contributed by atoms with Crippen molar-refractivity contribution in [3.05, 3.63) is 71.3 Å². The number of nitrogens with zero attached hydrogens (tertiary/aromatic N) is 5. The van der Waals surface area contributed by atoms with Crippen LogP contribution in [0.1, 0.15) is 66.8 Å². The second kappa shape index (κ2) is 8.93. The van der Waals surface area contributed by atoms with Crippen molar-refractivity contribution in [2.45, 2.75) is 51.9 Å². The summed E-state index contributed by atoms with van der Waals surface area (Å²) >= 11 is 0. The molecule has 5 rings (SSSR count). The van der Waals surface area contributed by atoms with Crippen molar-refractivity contribution in [2.24, 2.45) is 7.05 Å². The SMILES string of the molecule is COc1ccc(C(C)(C)C)cc1C(=O)Nc1ccc(C)c(-n2cc(-c3cnc(C4CC4)n3C)nn2)c1. The molecule has 2 aromatic heterocycles. The number of ether oxygens (including phenoxy) is 1. The molecule has 1 amide bonds. The average molecular weight is 485 g/mol. The molecule has 36 heavy (non-hydrogen) atoms. The van der Waals surface area contributed by atoms with Crippen molar-refractivity contribution in [1.29, 1.82) is 0 Å². The van der Waals surface area contributed by atoms with Crippen LogP contribution in [-0.2, 0) is 12.5 Å². The Morgan fingerprint density at radius 2 is 1.92 bits per heavy atom. The summed E-state index contributed by atoms with van der Waals surface area (Å²) in [6, 6.07) is 11.5. The number of hydrogen-bond donors (Lipinski definition) is 1. The normalized spacial score (nSPS) is 13.6. The molecule has 0 atom stereocenters. The number of nitrogens with one attached hydrogen (secondary N) is 1. The topological polar surface area (TPSA) is 86.9 Å². The lowest BCUT2D eigenvalue weighted by Crippen LogP contribution is -2.17. The van der Waals surface area contributed by atoms with Gasteiger partial charge in [-0.3, -0.25) is 4.79 Å². The Morgan fingerprint density at radius 1 is 1.14 bits per heavy atom. The second-order valence-electron chi connectivity index (χ2n) is 10.5. The zero-order valence-corrected chi connectivity index (χ0v) is 21.7. The number of carbonyl (C=O) groups is 1. The highest BCUT2D eigenvalue weighted by atomic mass is 16.5. The van der Waals surface area contributed by atoms with Gasteiger partial charge in [0.05, 0.1) is 36.4 Å². The maximum Gasteiger partial charge on any atom is 0.259 e. The van der Waals surface area contributed by atoms with E-state index in [1.807, 2.05) is 62.8 Å². The molecule has 0 unspecified atom stereocenters. The molecule has 4 aromatic rings. The van der Waals surface area contributed by atoms with Crippen LogP contribution in [0.2, 0.25) is 0 Å². The van der Waals surface area contributed by atoms with E-state index in [0.717, 1.165) is 34.0 Å². The predicted molar refractivity (Wildman–Crippen MR) is 140 cm³/mol. The molecular weight excluding hydrogens is 452 g/mol. The first-order valence-electron chi connectivity index (χ1n) is 12.2. The third-order valence-corrected chi connectivity index (χ3v) is 6.75. The molecule has 0 aliphatic heterocycles. The van der Waals surface area contributed by atoms with Gasteiger partial charge in [-0.2, -0.15) is 0 Å². The quantitative estimate of drug-likeness (QED) is 0.395. The monoisotopic (exact) mass is 484 g/mol. The third-order valence-electron chi connectivity index (χ3n) is 6.75. The van der Waals surface area contributed by atoms with Crippen LogP contribution in [0.25, 0.3) is 17.1 Å². The van der Waals surface area contributed by atoms with E-state index >= 15 is 0 Å². The lowest BCUT2D eigenvalue weighted by atomic mass is 9.86. The molecule has 0 bridgehead atoms. The van der Waals surface area contributed by atoms with E-state index in [9.17, 15) is 4.79 Å². The lowest BCUT2D eigenvalue weighted by molar-refractivity contribution is 0.102. The fourth-order valence-electron chi connectivity index (χ4n) is 4.37. The van der Waals surface area contributed by atoms with Gasteiger partial charge >= 0.3 is 0 Å². The van der Waals surface area contributed by atoms with E-state index in [1.165, 1.54) is 12.8 Å². The number of rotatable bonds is 6. The minimum Gasteiger partial charge on any atom is -0.496 e. The Hall–Kier alpha value is -3.94. The predicted octanol–water partition coefficient (Wildman–Crippen LogP) is 5.41. The fourth-order valence-corrected chi connectivity index (χ4v) is 4.37. The van der Waals surface area contributed by atoms with E-state index in [1.54, 1.807) is 11.8 Å². The van der Waals surface area contributed by atoms with Crippen LogP contribution in [0.5, 0.6) is 5.75 Å². The van der Waals surface area contributed by atoms with Gasteiger partial charge in [-0.1, -0.05) is 38.1 Å². The highest BCUT2D eigenvalue weighted by molar-refractivity contribution is 6.06. The summed E-state index contributed by atoms with van der Waals surface area (Å²) in [6.45, 7) is 8.36. The molecule has 1 saturated carbocycles. The number of benzene rings is 2. The highest BCUT2D eigenvalue weighted by Crippen LogP contribution is 2.40. The molecule has 8 heteroatoms. The van der Waals surface area contributed by atoms with Gasteiger partial charge in [0.2, 0.25) is 0 Å². The summed E-state index contributed by atoms with van der Waals surface area (Å²) in [5.41, 5.74) is 5.69. The minimum atomic E-state index is -0.227. The zero-order chi connectivity index (χ0) is 25.6. The number of amides is 1. The summed E-state index contributed by atoms with van der Waals surface area (Å²) < 4.78 is 9.32. The summed E-state index contributed by atoms with van der Waals surface area (Å²) in [5.74, 6) is 1.97. The molecule has 0 saturated heterocycles. The van der Waals surface area contributed by atoms with Gasteiger partial charge in [0, 0.05) is 18.7 Å². The molecule has 2 heterocycles. The molecule has 186 valence electrons. The largest absolute Gasteiger partial charge is 0.496 e. The maximum atomic E-state index is 13.3. The number of anilines is 1. The number of aryl methyl sites for hydroxylation is 1. The van der Waals surface area contributed by atoms with Crippen molar-refractivity contribution in [1.82, 2.24) is 24.5 Å². The number of carbonyl (C=O) groups excluding carboxylic acids is 1. The van der Waals surface area contributed by atoms with E-state index in [4.69, 9.17) is 4.74 Å². The summed E-state index contributed by atoms with van der Waals surface area (Å²) in [5, 5.41) is 11.8. The van der Waals surface area contributed by atoms with Crippen molar-refractivity contribution in [2.75, 3.05) is 12.4 Å². The second-order valence-corrected chi connectivity index (χ2v) is 10.5. The van der Waals surface area contributed by atoms with Gasteiger partial charge in [0.15, 0.2) is 0 Å². The van der Waals surface area contributed by atoms with Crippen molar-refractivity contribution in [3.8, 4) is 22.8 Å². The fraction of sp³-hybridized carbons (Fsp3) is 0.357. The van der Waals surface area contributed by atoms with Crippen LogP contribution in [0.15, 0.2) is 48.8 Å². The molecule has 1 aliphatic carbocycles. The maximum absolute atomic E-state index is 13.3. The first-order valence-corrected chi connectivity index (χ1v) is 12.2. The van der Waals surface area contributed by atoms with Crippen molar-refractivity contribution in [3.63, 3.8) is 0 Å². The highest BCUT2D eigenvalue weighted by Gasteiger charge is 2.29. The van der Waals surface area contributed by atoms with E-state index < -0.39 is 0 Å². The van der Waals surface area contributed by atoms with Crippen molar-refractivity contribution < 1.29 is 9.53 Å². The number of hydrogen-bond acceptors (Lipinski definition) is 5. The molecule has 0 radical (unpaired) electrons. The third kappa shape index (κ3) is 4.51. The van der Waals surface area contributed by atoms with Crippen LogP contribution >= 0.6 is 0 Å². The van der Waals surface area contributed by atoms with Gasteiger partial charge in [-0.25, -0.2) is 9.67 Å². The molecule has 1 N–H and O–H groups in total. The number of imidazole rings is 1. The Balaban J connectivity index is 1.42. The minimum absolute atomic E-state index is 0.0869. The molecule has 1 fully saturated rings. The number of aromatic nitrogens is 5. The summed E-state index contributed by atoms with van der Waals surface area (Å²) in [4.78, 5) is 17.9. The first kappa shape index (κ1) is 23.8. The molecule has 2 aromatic carbocycles. The number of methoxy groups -OCH3 is 1. The Labute approximate surface area is 211 Å². The van der Waals surface area contributed by atoms with Gasteiger partial charge < -0.3 is 14.6 Å². The standard InChI is InChI=1S/C28H32N6O2/c1-17-7-11-20(30-27(35)21-13-19(28(2,3)4)10-12-25(21)36-6)14-23(17)34-16-22(31-32-34)24-15-29-26(33(24)5)18-8-9-18/h7,10-16,18H,8-9H2,1-6H3,(H,30,35). The zero-order valence-electron chi connectivity index (χ0n) is 21.7. The average Bonchev–Trinajstić information content (AvgIpc) is 3.44. The van der Waals surface area contributed by atoms with E-state index in [2.05, 4.69) is 46.0 Å². The summed E-state index contributed by atoms with van der Waals surface area (Å²) in [7, 11) is 3.60. The van der Waals surface area contributed by atoms with Gasteiger partial charge in [0.25, 0.3) is 5.91 Å². The van der Waals surface area contributed by atoms with Crippen LogP contribution in [0.3, 0.4) is 0 Å². The Morgan fingerprint density at radius 3 is 2.61 bits per heavy atom. The molecule has 8 nitrogen and oxygen atoms in total.